The van der Waals surface area contributed by atoms with Gasteiger partial charge in [-0.1, -0.05) is 6.07 Å². The highest BCUT2D eigenvalue weighted by atomic mass is 19.4. The van der Waals surface area contributed by atoms with Crippen LogP contribution in [0.1, 0.15) is 11.1 Å². The minimum atomic E-state index is -4.72. The summed E-state index contributed by atoms with van der Waals surface area (Å²) in [6.45, 7) is -0.821. The van der Waals surface area contributed by atoms with E-state index < -0.39 is 35.8 Å². The highest BCUT2D eigenvalue weighted by Crippen LogP contribution is 2.33. The van der Waals surface area contributed by atoms with Gasteiger partial charge in [-0.2, -0.15) is 13.2 Å². The van der Waals surface area contributed by atoms with Gasteiger partial charge in [0.15, 0.2) is 0 Å². The van der Waals surface area contributed by atoms with E-state index in [9.17, 15) is 22.4 Å². The lowest BCUT2D eigenvalue weighted by Gasteiger charge is -2.13. The average Bonchev–Trinajstić information content (AvgIpc) is 2.89. The van der Waals surface area contributed by atoms with Gasteiger partial charge in [0.25, 0.3) is 0 Å². The molecule has 8 heteroatoms. The lowest BCUT2D eigenvalue weighted by molar-refractivity contribution is -0.139. The SMILES string of the molecule is O=C(OCc1c(F)cccc1C(F)(F)F)n1ccnc1. The summed E-state index contributed by atoms with van der Waals surface area (Å²) in [7, 11) is 0. The van der Waals surface area contributed by atoms with Crippen LogP contribution in [0.4, 0.5) is 22.4 Å². The quantitative estimate of drug-likeness (QED) is 0.797. The summed E-state index contributed by atoms with van der Waals surface area (Å²) in [5.41, 5.74) is -1.88. The van der Waals surface area contributed by atoms with Crippen molar-refractivity contribution in [3.05, 3.63) is 53.9 Å². The Morgan fingerprint density at radius 1 is 1.35 bits per heavy atom. The number of carbonyl (C=O) groups is 1. The Morgan fingerprint density at radius 3 is 2.70 bits per heavy atom. The number of imidazole rings is 1. The second kappa shape index (κ2) is 5.32. The number of alkyl halides is 3. The van der Waals surface area contributed by atoms with E-state index in [0.29, 0.717) is 0 Å². The van der Waals surface area contributed by atoms with Gasteiger partial charge in [0.2, 0.25) is 0 Å². The summed E-state index contributed by atoms with van der Waals surface area (Å²) < 4.78 is 57.1. The highest BCUT2D eigenvalue weighted by molar-refractivity contribution is 5.70. The van der Waals surface area contributed by atoms with E-state index in [4.69, 9.17) is 0 Å². The van der Waals surface area contributed by atoms with Crippen LogP contribution in [0.15, 0.2) is 36.9 Å². The normalized spacial score (nSPS) is 11.4. The molecule has 20 heavy (non-hydrogen) atoms. The second-order valence-corrected chi connectivity index (χ2v) is 3.79. The molecular formula is C12H8F4N2O2. The molecular weight excluding hydrogens is 280 g/mol. The van der Waals surface area contributed by atoms with Crippen molar-refractivity contribution < 1.29 is 27.1 Å². The maximum absolute atomic E-state index is 13.5. The van der Waals surface area contributed by atoms with Gasteiger partial charge < -0.3 is 4.74 Å². The molecule has 1 aromatic heterocycles. The van der Waals surface area contributed by atoms with Crippen LogP contribution in [0, 0.1) is 5.82 Å². The Kier molecular flexibility index (Phi) is 3.73. The molecule has 0 N–H and O–H groups in total. The maximum Gasteiger partial charge on any atom is 0.419 e. The fraction of sp³-hybridized carbons (Fsp3) is 0.167. The van der Waals surface area contributed by atoms with Gasteiger partial charge in [0.05, 0.1) is 5.56 Å². The van der Waals surface area contributed by atoms with E-state index in [1.807, 2.05) is 0 Å². The number of benzene rings is 1. The molecule has 4 nitrogen and oxygen atoms in total. The Balaban J connectivity index is 2.19. The summed E-state index contributed by atoms with van der Waals surface area (Å²) in [6, 6.07) is 2.54. The number of carbonyl (C=O) groups excluding carboxylic acids is 1. The number of rotatable bonds is 2. The third-order valence-electron chi connectivity index (χ3n) is 2.48. The molecule has 0 spiro atoms. The predicted molar refractivity (Wildman–Crippen MR) is 59.2 cm³/mol. The molecule has 0 saturated heterocycles. The molecule has 106 valence electrons. The fourth-order valence-electron chi connectivity index (χ4n) is 1.55. The van der Waals surface area contributed by atoms with Crippen LogP contribution in [-0.2, 0) is 17.5 Å². The van der Waals surface area contributed by atoms with Gasteiger partial charge >= 0.3 is 12.3 Å². The predicted octanol–water partition coefficient (Wildman–Crippen LogP) is 3.23. The van der Waals surface area contributed by atoms with Gasteiger partial charge in [-0.25, -0.2) is 18.7 Å². The molecule has 0 aliphatic heterocycles. The monoisotopic (exact) mass is 288 g/mol. The summed E-state index contributed by atoms with van der Waals surface area (Å²) >= 11 is 0. The number of aromatic nitrogens is 2. The van der Waals surface area contributed by atoms with Crippen LogP contribution in [-0.4, -0.2) is 15.6 Å². The average molecular weight is 288 g/mol. The van der Waals surface area contributed by atoms with E-state index in [-0.39, 0.29) is 0 Å². The van der Waals surface area contributed by atoms with Crippen LogP contribution >= 0.6 is 0 Å². The summed E-state index contributed by atoms with van der Waals surface area (Å²) in [4.78, 5) is 15.0. The van der Waals surface area contributed by atoms with Crippen LogP contribution in [0.5, 0.6) is 0 Å². The largest absolute Gasteiger partial charge is 0.444 e. The van der Waals surface area contributed by atoms with E-state index in [1.54, 1.807) is 0 Å². The summed E-state index contributed by atoms with van der Waals surface area (Å²) in [5.74, 6) is -1.08. The van der Waals surface area contributed by atoms with Crippen LogP contribution < -0.4 is 0 Å². The van der Waals surface area contributed by atoms with Crippen LogP contribution in [0.3, 0.4) is 0 Å². The van der Waals surface area contributed by atoms with E-state index >= 15 is 0 Å². The number of nitrogens with zero attached hydrogens (tertiary/aromatic N) is 2. The summed E-state index contributed by atoms with van der Waals surface area (Å²) in [6.07, 6.45) is -1.99. The van der Waals surface area contributed by atoms with Crippen molar-refractivity contribution in [2.45, 2.75) is 12.8 Å². The standard InChI is InChI=1S/C12H8F4N2O2/c13-10-3-1-2-9(12(14,15)16)8(10)6-20-11(19)18-5-4-17-7-18/h1-5,7H,6H2. The zero-order chi connectivity index (χ0) is 14.8. The topological polar surface area (TPSA) is 44.1 Å². The van der Waals surface area contributed by atoms with E-state index in [0.717, 1.165) is 29.1 Å². The molecule has 1 heterocycles. The zero-order valence-electron chi connectivity index (χ0n) is 9.89. The Hall–Kier alpha value is -2.38. The molecule has 0 bridgehead atoms. The van der Waals surface area contributed by atoms with Crippen molar-refractivity contribution in [1.29, 1.82) is 0 Å². The minimum Gasteiger partial charge on any atom is -0.444 e. The Labute approximate surface area is 110 Å². The second-order valence-electron chi connectivity index (χ2n) is 3.79. The molecule has 0 radical (unpaired) electrons. The molecule has 0 saturated carbocycles. The third kappa shape index (κ3) is 2.95. The van der Waals surface area contributed by atoms with Crippen molar-refractivity contribution in [3.8, 4) is 0 Å². The van der Waals surface area contributed by atoms with Crippen molar-refractivity contribution in [3.63, 3.8) is 0 Å². The van der Waals surface area contributed by atoms with Gasteiger partial charge in [-0.05, 0) is 12.1 Å². The fourth-order valence-corrected chi connectivity index (χ4v) is 1.55. The smallest absolute Gasteiger partial charge is 0.419 e. The van der Waals surface area contributed by atoms with E-state index in [2.05, 4.69) is 9.72 Å². The zero-order valence-corrected chi connectivity index (χ0v) is 9.89. The first-order valence-electron chi connectivity index (χ1n) is 5.39. The molecule has 0 aliphatic carbocycles. The van der Waals surface area contributed by atoms with Gasteiger partial charge in [0.1, 0.15) is 18.8 Å². The molecule has 0 atom stereocenters. The Morgan fingerprint density at radius 2 is 2.10 bits per heavy atom. The molecule has 1 aromatic carbocycles. The minimum absolute atomic E-state index is 0.714. The van der Waals surface area contributed by atoms with Gasteiger partial charge in [-0.3, -0.25) is 0 Å². The third-order valence-corrected chi connectivity index (χ3v) is 2.48. The lowest BCUT2D eigenvalue weighted by Crippen LogP contribution is -2.16. The first-order chi connectivity index (χ1) is 9.39. The van der Waals surface area contributed by atoms with Crippen molar-refractivity contribution in [1.82, 2.24) is 9.55 Å². The number of hydrogen-bond donors (Lipinski definition) is 0. The molecule has 0 amide bonds. The van der Waals surface area contributed by atoms with Crippen LogP contribution in [0.25, 0.3) is 0 Å². The lowest BCUT2D eigenvalue weighted by atomic mass is 10.1. The van der Waals surface area contributed by atoms with Gasteiger partial charge in [0, 0.05) is 18.0 Å². The molecule has 0 unspecified atom stereocenters. The van der Waals surface area contributed by atoms with Crippen LogP contribution in [0.2, 0.25) is 0 Å². The highest BCUT2D eigenvalue weighted by Gasteiger charge is 2.34. The molecule has 2 aromatic rings. The number of ether oxygens (including phenoxy) is 1. The Bertz CT molecular complexity index is 608. The summed E-state index contributed by atoms with van der Waals surface area (Å²) in [5, 5.41) is 0. The maximum atomic E-state index is 13.5. The first-order valence-corrected chi connectivity index (χ1v) is 5.39. The van der Waals surface area contributed by atoms with E-state index in [1.165, 1.54) is 12.4 Å². The van der Waals surface area contributed by atoms with Crippen molar-refractivity contribution in [2.75, 3.05) is 0 Å². The number of hydrogen-bond acceptors (Lipinski definition) is 3. The van der Waals surface area contributed by atoms with Gasteiger partial charge in [-0.15, -0.1) is 0 Å². The first kappa shape index (κ1) is 14.0. The molecule has 2 rings (SSSR count). The molecule has 0 fully saturated rings. The van der Waals surface area contributed by atoms with Crippen molar-refractivity contribution in [2.24, 2.45) is 0 Å². The van der Waals surface area contributed by atoms with Crippen molar-refractivity contribution >= 4 is 6.09 Å². The number of halogens is 4. The molecule has 0 aliphatic rings.